The minimum Gasteiger partial charge on any atom is -0.439 e. The summed E-state index contributed by atoms with van der Waals surface area (Å²) in [6, 6.07) is 5.67. The fraction of sp³-hybridized carbons (Fsp3) is 0.357. The number of nitrogens with zero attached hydrogens (tertiary/aromatic N) is 1. The van der Waals surface area contributed by atoms with Crippen molar-refractivity contribution in [3.05, 3.63) is 48.4 Å². The Balaban J connectivity index is 1.97. The van der Waals surface area contributed by atoms with Crippen LogP contribution in [0.5, 0.6) is 5.88 Å². The van der Waals surface area contributed by atoms with Crippen molar-refractivity contribution < 1.29 is 4.74 Å². The van der Waals surface area contributed by atoms with Gasteiger partial charge in [0.15, 0.2) is 0 Å². The maximum Gasteiger partial charge on any atom is 0.219 e. The van der Waals surface area contributed by atoms with E-state index in [4.69, 9.17) is 4.74 Å². The molecule has 0 radical (unpaired) electrons. The van der Waals surface area contributed by atoms with Gasteiger partial charge in [-0.3, -0.25) is 0 Å². The molecular weight excluding hydrogens is 198 g/mol. The smallest absolute Gasteiger partial charge is 0.219 e. The molecule has 0 saturated heterocycles. The van der Waals surface area contributed by atoms with Crippen LogP contribution in [0.15, 0.2) is 48.4 Å². The first kappa shape index (κ1) is 10.9. The summed E-state index contributed by atoms with van der Waals surface area (Å²) in [6.07, 6.45) is 9.20. The molecule has 1 unspecified atom stereocenters. The summed E-state index contributed by atoms with van der Waals surface area (Å²) >= 11 is 0. The third kappa shape index (κ3) is 2.72. The van der Waals surface area contributed by atoms with Gasteiger partial charge in [0.05, 0.1) is 0 Å². The zero-order valence-electron chi connectivity index (χ0n) is 9.76. The Hall–Kier alpha value is -1.57. The third-order valence-corrected chi connectivity index (χ3v) is 2.82. The fourth-order valence-electron chi connectivity index (χ4n) is 1.72. The minimum absolute atomic E-state index is 0.635. The van der Waals surface area contributed by atoms with E-state index in [0.29, 0.717) is 17.7 Å². The zero-order valence-corrected chi connectivity index (χ0v) is 9.76. The van der Waals surface area contributed by atoms with Crippen LogP contribution in [-0.4, -0.2) is 4.98 Å². The van der Waals surface area contributed by atoms with Gasteiger partial charge in [-0.05, 0) is 36.5 Å². The predicted molar refractivity (Wildman–Crippen MR) is 65.0 cm³/mol. The molecule has 0 fully saturated rings. The standard InChI is InChI=1S/C14H17NO/c1-11(2)12-6-8-13(9-7-12)16-14-5-3-4-10-15-14/h3-6,8-12H,7H2,1-2H3. The van der Waals surface area contributed by atoms with Crippen molar-refractivity contribution in [2.24, 2.45) is 11.8 Å². The number of allylic oxidation sites excluding steroid dienone is 3. The quantitative estimate of drug-likeness (QED) is 0.769. The Kier molecular flexibility index (Phi) is 3.40. The van der Waals surface area contributed by atoms with Crippen LogP contribution in [-0.2, 0) is 0 Å². The molecule has 0 bridgehead atoms. The molecule has 84 valence electrons. The van der Waals surface area contributed by atoms with Gasteiger partial charge in [0, 0.05) is 12.3 Å². The SMILES string of the molecule is CC(C)C1C=CC(Oc2ccccn2)=CC1. The van der Waals surface area contributed by atoms with Crippen LogP contribution >= 0.6 is 0 Å². The van der Waals surface area contributed by atoms with E-state index in [9.17, 15) is 0 Å². The van der Waals surface area contributed by atoms with Crippen molar-refractivity contribution >= 4 is 0 Å². The Morgan fingerprint density at radius 2 is 2.25 bits per heavy atom. The number of aromatic nitrogens is 1. The van der Waals surface area contributed by atoms with E-state index in [2.05, 4.69) is 31.0 Å². The van der Waals surface area contributed by atoms with Crippen molar-refractivity contribution in [1.29, 1.82) is 0 Å². The summed E-state index contributed by atoms with van der Waals surface area (Å²) in [5.41, 5.74) is 0. The molecule has 2 nitrogen and oxygen atoms in total. The predicted octanol–water partition coefficient (Wildman–Crippen LogP) is 3.58. The van der Waals surface area contributed by atoms with Crippen molar-refractivity contribution in [3.63, 3.8) is 0 Å². The summed E-state index contributed by atoms with van der Waals surface area (Å²) in [5.74, 6) is 2.87. The lowest BCUT2D eigenvalue weighted by Crippen LogP contribution is -2.09. The van der Waals surface area contributed by atoms with E-state index in [0.717, 1.165) is 12.2 Å². The van der Waals surface area contributed by atoms with Crippen LogP contribution in [0.2, 0.25) is 0 Å². The van der Waals surface area contributed by atoms with Gasteiger partial charge in [0.25, 0.3) is 0 Å². The number of ether oxygens (including phenoxy) is 1. The van der Waals surface area contributed by atoms with Crippen LogP contribution in [0, 0.1) is 11.8 Å². The molecule has 1 heterocycles. The lowest BCUT2D eigenvalue weighted by Gasteiger charge is -2.19. The molecule has 1 atom stereocenters. The van der Waals surface area contributed by atoms with E-state index in [1.165, 1.54) is 0 Å². The van der Waals surface area contributed by atoms with Crippen molar-refractivity contribution in [2.45, 2.75) is 20.3 Å². The van der Waals surface area contributed by atoms with Gasteiger partial charge >= 0.3 is 0 Å². The summed E-state index contributed by atoms with van der Waals surface area (Å²) in [7, 11) is 0. The Labute approximate surface area is 96.7 Å². The number of hydrogen-bond donors (Lipinski definition) is 0. The molecule has 2 heteroatoms. The average Bonchev–Trinajstić information content (AvgIpc) is 2.31. The number of hydrogen-bond acceptors (Lipinski definition) is 2. The van der Waals surface area contributed by atoms with Gasteiger partial charge in [-0.25, -0.2) is 4.98 Å². The molecule has 0 N–H and O–H groups in total. The monoisotopic (exact) mass is 215 g/mol. The number of pyridine rings is 1. The molecule has 1 aliphatic carbocycles. The number of rotatable bonds is 3. The maximum atomic E-state index is 5.65. The van der Waals surface area contributed by atoms with E-state index in [1.807, 2.05) is 24.3 Å². The second-order valence-electron chi connectivity index (χ2n) is 4.38. The van der Waals surface area contributed by atoms with Crippen LogP contribution in [0.25, 0.3) is 0 Å². The van der Waals surface area contributed by atoms with E-state index in [1.54, 1.807) is 6.20 Å². The topological polar surface area (TPSA) is 22.1 Å². The van der Waals surface area contributed by atoms with Gasteiger partial charge < -0.3 is 4.74 Å². The van der Waals surface area contributed by atoms with Crippen LogP contribution in [0.3, 0.4) is 0 Å². The molecule has 0 aromatic carbocycles. The van der Waals surface area contributed by atoms with Gasteiger partial charge in [-0.2, -0.15) is 0 Å². The van der Waals surface area contributed by atoms with Gasteiger partial charge in [0.2, 0.25) is 5.88 Å². The van der Waals surface area contributed by atoms with Gasteiger partial charge in [-0.1, -0.05) is 26.0 Å². The van der Waals surface area contributed by atoms with E-state index < -0.39 is 0 Å². The fourth-order valence-corrected chi connectivity index (χ4v) is 1.72. The van der Waals surface area contributed by atoms with Crippen molar-refractivity contribution in [2.75, 3.05) is 0 Å². The summed E-state index contributed by atoms with van der Waals surface area (Å²) < 4.78 is 5.65. The largest absolute Gasteiger partial charge is 0.439 e. The van der Waals surface area contributed by atoms with Gasteiger partial charge in [-0.15, -0.1) is 0 Å². The van der Waals surface area contributed by atoms with Crippen LogP contribution in [0.4, 0.5) is 0 Å². The summed E-state index contributed by atoms with van der Waals surface area (Å²) in [4.78, 5) is 4.13. The van der Waals surface area contributed by atoms with Crippen LogP contribution in [0.1, 0.15) is 20.3 Å². The molecule has 0 aliphatic heterocycles. The molecular formula is C14H17NO. The third-order valence-electron chi connectivity index (χ3n) is 2.82. The average molecular weight is 215 g/mol. The second-order valence-corrected chi connectivity index (χ2v) is 4.38. The molecule has 1 aliphatic rings. The zero-order chi connectivity index (χ0) is 11.4. The highest BCUT2D eigenvalue weighted by Crippen LogP contribution is 2.24. The molecule has 0 spiro atoms. The van der Waals surface area contributed by atoms with Crippen LogP contribution < -0.4 is 4.74 Å². The molecule has 0 saturated carbocycles. The summed E-state index contributed by atoms with van der Waals surface area (Å²) in [6.45, 7) is 4.49. The first-order valence-electron chi connectivity index (χ1n) is 5.73. The van der Waals surface area contributed by atoms with Crippen molar-refractivity contribution in [1.82, 2.24) is 4.98 Å². The van der Waals surface area contributed by atoms with E-state index >= 15 is 0 Å². The molecule has 1 aromatic heterocycles. The van der Waals surface area contributed by atoms with Gasteiger partial charge in [0.1, 0.15) is 5.76 Å². The first-order valence-corrected chi connectivity index (χ1v) is 5.73. The molecule has 16 heavy (non-hydrogen) atoms. The Morgan fingerprint density at radius 3 is 2.81 bits per heavy atom. The minimum atomic E-state index is 0.635. The molecule has 0 amide bonds. The highest BCUT2D eigenvalue weighted by molar-refractivity contribution is 5.23. The normalized spacial score (nSPS) is 19.7. The lowest BCUT2D eigenvalue weighted by molar-refractivity contribution is 0.402. The first-order chi connectivity index (χ1) is 7.75. The lowest BCUT2D eigenvalue weighted by atomic mass is 9.89. The molecule has 2 rings (SSSR count). The summed E-state index contributed by atoms with van der Waals surface area (Å²) in [5, 5.41) is 0. The maximum absolute atomic E-state index is 5.65. The highest BCUT2D eigenvalue weighted by Gasteiger charge is 2.13. The molecule has 1 aromatic rings. The van der Waals surface area contributed by atoms with Crippen molar-refractivity contribution in [3.8, 4) is 5.88 Å². The Morgan fingerprint density at radius 1 is 1.38 bits per heavy atom. The second kappa shape index (κ2) is 4.97. The van der Waals surface area contributed by atoms with E-state index in [-0.39, 0.29) is 0 Å². The highest BCUT2D eigenvalue weighted by atomic mass is 16.5. The Bertz CT molecular complexity index is 392.